The highest BCUT2D eigenvalue weighted by Gasteiger charge is 2.51. The first-order valence-electron chi connectivity index (χ1n) is 8.20. The Morgan fingerprint density at radius 3 is 2.33 bits per heavy atom. The van der Waals surface area contributed by atoms with Crippen molar-refractivity contribution >= 4 is 11.3 Å². The van der Waals surface area contributed by atoms with Gasteiger partial charge in [-0.25, -0.2) is 4.98 Å². The van der Waals surface area contributed by atoms with Gasteiger partial charge in [-0.1, -0.05) is 41.5 Å². The van der Waals surface area contributed by atoms with Crippen molar-refractivity contribution < 1.29 is 0 Å². The van der Waals surface area contributed by atoms with E-state index in [1.165, 1.54) is 23.5 Å². The van der Waals surface area contributed by atoms with Crippen LogP contribution in [0.15, 0.2) is 5.38 Å². The highest BCUT2D eigenvalue weighted by molar-refractivity contribution is 7.09. The van der Waals surface area contributed by atoms with Crippen LogP contribution in [0.4, 0.5) is 0 Å². The van der Waals surface area contributed by atoms with Gasteiger partial charge in [-0.3, -0.25) is 0 Å². The molecule has 0 aromatic carbocycles. The lowest BCUT2D eigenvalue weighted by Crippen LogP contribution is -2.48. The molecule has 2 unspecified atom stereocenters. The van der Waals surface area contributed by atoms with Crippen molar-refractivity contribution in [3.8, 4) is 0 Å². The minimum atomic E-state index is 0.0475. The second-order valence-corrected chi connectivity index (χ2v) is 9.86. The molecule has 1 N–H and O–H groups in total. The third-order valence-electron chi connectivity index (χ3n) is 4.66. The van der Waals surface area contributed by atoms with Crippen LogP contribution in [0.25, 0.3) is 0 Å². The van der Waals surface area contributed by atoms with E-state index in [4.69, 9.17) is 4.98 Å². The van der Waals surface area contributed by atoms with Crippen molar-refractivity contribution in [2.24, 2.45) is 11.3 Å². The number of rotatable bonds is 3. The highest BCUT2D eigenvalue weighted by Crippen LogP contribution is 2.53. The Kier molecular flexibility index (Phi) is 4.31. The van der Waals surface area contributed by atoms with E-state index in [-0.39, 0.29) is 11.0 Å². The van der Waals surface area contributed by atoms with Gasteiger partial charge >= 0.3 is 0 Å². The number of hydrogen-bond donors (Lipinski definition) is 1. The zero-order valence-electron chi connectivity index (χ0n) is 15.0. The molecule has 3 heteroatoms. The van der Waals surface area contributed by atoms with E-state index < -0.39 is 0 Å². The van der Waals surface area contributed by atoms with E-state index in [0.29, 0.717) is 17.4 Å². The summed E-state index contributed by atoms with van der Waals surface area (Å²) >= 11 is 1.85. The van der Waals surface area contributed by atoms with Crippen molar-refractivity contribution in [2.75, 3.05) is 0 Å². The summed E-state index contributed by atoms with van der Waals surface area (Å²) in [4.78, 5) is 5.06. The molecular formula is C18H32N2S. The van der Waals surface area contributed by atoms with Gasteiger partial charge in [-0.15, -0.1) is 11.3 Å². The quantitative estimate of drug-likeness (QED) is 0.841. The van der Waals surface area contributed by atoms with E-state index in [2.05, 4.69) is 66.1 Å². The monoisotopic (exact) mass is 308 g/mol. The standard InChI is InChI=1S/C18H32N2S/c1-12(2)20-18(11-17(7,8)9-13(18)3)15-19-14(10-21-15)16(4,5)6/h10,12-13,20H,9,11H2,1-8H3. The van der Waals surface area contributed by atoms with E-state index in [1.54, 1.807) is 0 Å². The second-order valence-electron chi connectivity index (χ2n) is 9.00. The van der Waals surface area contributed by atoms with E-state index in [0.717, 1.165) is 0 Å². The maximum atomic E-state index is 5.06. The average Bonchev–Trinajstić information content (AvgIpc) is 2.81. The molecule has 0 spiro atoms. The van der Waals surface area contributed by atoms with Crippen LogP contribution in [-0.4, -0.2) is 11.0 Å². The molecule has 21 heavy (non-hydrogen) atoms. The molecule has 2 rings (SSSR count). The van der Waals surface area contributed by atoms with E-state index >= 15 is 0 Å². The summed E-state index contributed by atoms with van der Waals surface area (Å²) in [6.45, 7) is 18.4. The van der Waals surface area contributed by atoms with E-state index in [9.17, 15) is 0 Å². The molecule has 2 nitrogen and oxygen atoms in total. The Balaban J connectivity index is 2.44. The van der Waals surface area contributed by atoms with Gasteiger partial charge in [0.05, 0.1) is 11.2 Å². The number of nitrogens with one attached hydrogen (secondary N) is 1. The predicted molar refractivity (Wildman–Crippen MR) is 92.9 cm³/mol. The van der Waals surface area contributed by atoms with Crippen molar-refractivity contribution in [2.45, 2.75) is 85.2 Å². The lowest BCUT2D eigenvalue weighted by molar-refractivity contribution is 0.231. The third kappa shape index (κ3) is 3.34. The maximum Gasteiger partial charge on any atom is 0.113 e. The minimum absolute atomic E-state index is 0.0475. The number of hydrogen-bond acceptors (Lipinski definition) is 3. The molecule has 0 saturated heterocycles. The summed E-state index contributed by atoms with van der Waals surface area (Å²) in [6.07, 6.45) is 2.44. The van der Waals surface area contributed by atoms with Crippen LogP contribution in [0.2, 0.25) is 0 Å². The molecule has 0 bridgehead atoms. The average molecular weight is 309 g/mol. The zero-order valence-corrected chi connectivity index (χ0v) is 15.8. The molecule has 1 aliphatic carbocycles. The Labute approximate surface area is 134 Å². The van der Waals surface area contributed by atoms with Gasteiger partial charge in [0.1, 0.15) is 5.01 Å². The normalized spacial score (nSPS) is 29.3. The molecular weight excluding hydrogens is 276 g/mol. The molecule has 2 atom stereocenters. The molecule has 120 valence electrons. The van der Waals surface area contributed by atoms with Crippen molar-refractivity contribution in [3.63, 3.8) is 0 Å². The zero-order chi connectivity index (χ0) is 16.1. The van der Waals surface area contributed by atoms with Crippen molar-refractivity contribution in [1.82, 2.24) is 10.3 Å². The highest BCUT2D eigenvalue weighted by atomic mass is 32.1. The van der Waals surface area contributed by atoms with Crippen LogP contribution >= 0.6 is 11.3 Å². The summed E-state index contributed by atoms with van der Waals surface area (Å²) in [5.41, 5.74) is 1.79. The van der Waals surface area contributed by atoms with Crippen LogP contribution < -0.4 is 5.32 Å². The summed E-state index contributed by atoms with van der Waals surface area (Å²) in [7, 11) is 0. The van der Waals surface area contributed by atoms with Crippen LogP contribution in [0.5, 0.6) is 0 Å². The third-order valence-corrected chi connectivity index (χ3v) is 5.68. The van der Waals surface area contributed by atoms with Crippen molar-refractivity contribution in [1.29, 1.82) is 0 Å². The smallest absolute Gasteiger partial charge is 0.113 e. The van der Waals surface area contributed by atoms with Gasteiger partial charge in [0, 0.05) is 16.8 Å². The molecule has 1 aliphatic rings. The fourth-order valence-electron chi connectivity index (χ4n) is 3.88. The Morgan fingerprint density at radius 2 is 1.95 bits per heavy atom. The van der Waals surface area contributed by atoms with Crippen molar-refractivity contribution in [3.05, 3.63) is 16.1 Å². The Morgan fingerprint density at radius 1 is 1.33 bits per heavy atom. The molecule has 0 aliphatic heterocycles. The van der Waals surface area contributed by atoms with Gasteiger partial charge in [-0.05, 0) is 38.0 Å². The fraction of sp³-hybridized carbons (Fsp3) is 0.833. The van der Waals surface area contributed by atoms with Gasteiger partial charge in [0.15, 0.2) is 0 Å². The molecule has 1 aromatic rings. The predicted octanol–water partition coefficient (Wildman–Crippen LogP) is 5.09. The maximum absolute atomic E-state index is 5.06. The van der Waals surface area contributed by atoms with Gasteiger partial charge in [-0.2, -0.15) is 0 Å². The summed E-state index contributed by atoms with van der Waals surface area (Å²) in [6, 6.07) is 0.475. The summed E-state index contributed by atoms with van der Waals surface area (Å²) in [5.74, 6) is 0.619. The molecule has 0 amide bonds. The lowest BCUT2D eigenvalue weighted by Gasteiger charge is -2.36. The molecule has 1 saturated carbocycles. The number of nitrogens with zero attached hydrogens (tertiary/aromatic N) is 1. The molecule has 0 radical (unpaired) electrons. The van der Waals surface area contributed by atoms with Crippen LogP contribution in [0, 0.1) is 11.3 Å². The molecule has 1 fully saturated rings. The summed E-state index contributed by atoms with van der Waals surface area (Å²) < 4.78 is 0. The topological polar surface area (TPSA) is 24.9 Å². The first kappa shape index (κ1) is 17.0. The Bertz CT molecular complexity index is 496. The first-order valence-corrected chi connectivity index (χ1v) is 9.08. The fourth-order valence-corrected chi connectivity index (χ4v) is 5.21. The molecule has 1 aromatic heterocycles. The van der Waals surface area contributed by atoms with Gasteiger partial charge in [0.25, 0.3) is 0 Å². The summed E-state index contributed by atoms with van der Waals surface area (Å²) in [5, 5.41) is 7.44. The SMILES string of the molecule is CC(C)NC1(c2nc(C(C)(C)C)cs2)CC(C)(C)CC1C. The first-order chi connectivity index (χ1) is 9.46. The van der Waals surface area contributed by atoms with Crippen LogP contribution in [0.3, 0.4) is 0 Å². The van der Waals surface area contributed by atoms with Gasteiger partial charge < -0.3 is 5.32 Å². The largest absolute Gasteiger partial charge is 0.303 e. The number of aromatic nitrogens is 1. The van der Waals surface area contributed by atoms with Gasteiger partial charge in [0.2, 0.25) is 0 Å². The lowest BCUT2D eigenvalue weighted by atomic mass is 9.85. The molecule has 1 heterocycles. The number of thiazole rings is 1. The Hall–Kier alpha value is -0.410. The van der Waals surface area contributed by atoms with Crippen LogP contribution in [0.1, 0.15) is 78.9 Å². The minimum Gasteiger partial charge on any atom is -0.303 e. The van der Waals surface area contributed by atoms with E-state index in [1.807, 2.05) is 11.3 Å². The second kappa shape index (κ2) is 5.34. The van der Waals surface area contributed by atoms with Crippen LogP contribution in [-0.2, 0) is 11.0 Å².